The second kappa shape index (κ2) is 6.42. The SMILES string of the molecule is CCc1nc2ccc(C(=O)NCc3ccccc3Cl)cn2c1C. The van der Waals surface area contributed by atoms with Gasteiger partial charge in [0.1, 0.15) is 5.65 Å². The van der Waals surface area contributed by atoms with Gasteiger partial charge in [-0.2, -0.15) is 0 Å². The molecule has 2 aromatic heterocycles. The van der Waals surface area contributed by atoms with E-state index in [-0.39, 0.29) is 5.91 Å². The molecular weight excluding hydrogens is 310 g/mol. The van der Waals surface area contributed by atoms with Crippen molar-refractivity contribution in [1.82, 2.24) is 14.7 Å². The van der Waals surface area contributed by atoms with Crippen LogP contribution in [0.5, 0.6) is 0 Å². The van der Waals surface area contributed by atoms with Crippen LogP contribution in [0.25, 0.3) is 5.65 Å². The summed E-state index contributed by atoms with van der Waals surface area (Å²) in [5.41, 5.74) is 4.49. The highest BCUT2D eigenvalue weighted by Crippen LogP contribution is 2.16. The predicted molar refractivity (Wildman–Crippen MR) is 91.9 cm³/mol. The van der Waals surface area contributed by atoms with Gasteiger partial charge < -0.3 is 9.72 Å². The Labute approximate surface area is 140 Å². The van der Waals surface area contributed by atoms with E-state index in [9.17, 15) is 4.79 Å². The Morgan fingerprint density at radius 3 is 2.78 bits per heavy atom. The largest absolute Gasteiger partial charge is 0.348 e. The molecule has 0 saturated carbocycles. The summed E-state index contributed by atoms with van der Waals surface area (Å²) >= 11 is 6.11. The lowest BCUT2D eigenvalue weighted by Crippen LogP contribution is -2.23. The number of carbonyl (C=O) groups excluding carboxylic acids is 1. The monoisotopic (exact) mass is 327 g/mol. The zero-order valence-corrected chi connectivity index (χ0v) is 13.9. The van der Waals surface area contributed by atoms with Gasteiger partial charge >= 0.3 is 0 Å². The number of hydrogen-bond acceptors (Lipinski definition) is 2. The molecule has 0 fully saturated rings. The van der Waals surface area contributed by atoms with E-state index in [1.165, 1.54) is 0 Å². The number of pyridine rings is 1. The van der Waals surface area contributed by atoms with Gasteiger partial charge in [-0.25, -0.2) is 4.98 Å². The molecule has 2 heterocycles. The molecule has 0 aliphatic heterocycles. The lowest BCUT2D eigenvalue weighted by molar-refractivity contribution is 0.0950. The number of aromatic nitrogens is 2. The number of benzene rings is 1. The third-order valence-corrected chi connectivity index (χ3v) is 4.32. The van der Waals surface area contributed by atoms with Crippen molar-refractivity contribution in [1.29, 1.82) is 0 Å². The maximum Gasteiger partial charge on any atom is 0.253 e. The quantitative estimate of drug-likeness (QED) is 0.792. The number of nitrogens with one attached hydrogen (secondary N) is 1. The summed E-state index contributed by atoms with van der Waals surface area (Å²) < 4.78 is 1.96. The summed E-state index contributed by atoms with van der Waals surface area (Å²) in [7, 11) is 0. The van der Waals surface area contributed by atoms with Gasteiger partial charge in [-0.15, -0.1) is 0 Å². The normalized spacial score (nSPS) is 10.9. The van der Waals surface area contributed by atoms with Crippen LogP contribution >= 0.6 is 11.6 Å². The van der Waals surface area contributed by atoms with Gasteiger partial charge in [0.2, 0.25) is 0 Å². The molecule has 3 aromatic rings. The molecule has 0 saturated heterocycles. The molecular formula is C18H18ClN3O. The second-order valence-electron chi connectivity index (χ2n) is 5.42. The number of fused-ring (bicyclic) bond motifs is 1. The molecule has 0 aliphatic carbocycles. The van der Waals surface area contributed by atoms with Gasteiger partial charge in [0.15, 0.2) is 0 Å². The first-order valence-electron chi connectivity index (χ1n) is 7.59. The molecule has 0 atom stereocenters. The fraction of sp³-hybridized carbons (Fsp3) is 0.222. The van der Waals surface area contributed by atoms with Gasteiger partial charge in [0, 0.05) is 23.5 Å². The highest BCUT2D eigenvalue weighted by molar-refractivity contribution is 6.31. The van der Waals surface area contributed by atoms with Gasteiger partial charge in [0.05, 0.1) is 11.3 Å². The number of aryl methyl sites for hydroxylation is 2. The zero-order chi connectivity index (χ0) is 16.4. The molecule has 1 N–H and O–H groups in total. The fourth-order valence-corrected chi connectivity index (χ4v) is 2.80. The Bertz CT molecular complexity index is 870. The summed E-state index contributed by atoms with van der Waals surface area (Å²) in [6, 6.07) is 11.2. The second-order valence-corrected chi connectivity index (χ2v) is 5.82. The van der Waals surface area contributed by atoms with Gasteiger partial charge in [-0.05, 0) is 37.1 Å². The number of halogens is 1. The maximum atomic E-state index is 12.4. The first kappa shape index (κ1) is 15.6. The number of hydrogen-bond donors (Lipinski definition) is 1. The third-order valence-electron chi connectivity index (χ3n) is 3.95. The average molecular weight is 328 g/mol. The summed E-state index contributed by atoms with van der Waals surface area (Å²) in [5.74, 6) is -0.127. The van der Waals surface area contributed by atoms with Crippen molar-refractivity contribution >= 4 is 23.2 Å². The lowest BCUT2D eigenvalue weighted by atomic mass is 10.2. The Kier molecular flexibility index (Phi) is 4.35. The number of rotatable bonds is 4. The Morgan fingerprint density at radius 2 is 2.04 bits per heavy atom. The zero-order valence-electron chi connectivity index (χ0n) is 13.1. The van der Waals surface area contributed by atoms with E-state index in [1.807, 2.05) is 47.9 Å². The topological polar surface area (TPSA) is 46.4 Å². The highest BCUT2D eigenvalue weighted by atomic mass is 35.5. The molecule has 0 unspecified atom stereocenters. The van der Waals surface area contributed by atoms with Crippen molar-refractivity contribution in [2.75, 3.05) is 0 Å². The van der Waals surface area contributed by atoms with Crippen molar-refractivity contribution in [2.24, 2.45) is 0 Å². The van der Waals surface area contributed by atoms with Crippen molar-refractivity contribution < 1.29 is 4.79 Å². The number of carbonyl (C=O) groups is 1. The average Bonchev–Trinajstić information content (AvgIpc) is 2.89. The van der Waals surface area contributed by atoms with E-state index in [2.05, 4.69) is 17.2 Å². The highest BCUT2D eigenvalue weighted by Gasteiger charge is 2.11. The Balaban J connectivity index is 1.81. The third kappa shape index (κ3) is 3.08. The minimum atomic E-state index is -0.127. The van der Waals surface area contributed by atoms with Crippen molar-refractivity contribution in [3.8, 4) is 0 Å². The summed E-state index contributed by atoms with van der Waals surface area (Å²) in [5, 5.41) is 3.56. The van der Waals surface area contributed by atoms with Crippen molar-refractivity contribution in [2.45, 2.75) is 26.8 Å². The number of nitrogens with zero attached hydrogens (tertiary/aromatic N) is 2. The van der Waals surface area contributed by atoms with Crippen LogP contribution in [0.3, 0.4) is 0 Å². The van der Waals surface area contributed by atoms with Crippen molar-refractivity contribution in [3.05, 3.63) is 70.1 Å². The van der Waals surface area contributed by atoms with Crippen LogP contribution in [0, 0.1) is 6.92 Å². The van der Waals surface area contributed by atoms with Gasteiger partial charge in [-0.1, -0.05) is 36.7 Å². The fourth-order valence-electron chi connectivity index (χ4n) is 2.60. The Morgan fingerprint density at radius 1 is 1.26 bits per heavy atom. The first-order valence-corrected chi connectivity index (χ1v) is 7.97. The number of imidazole rings is 1. The van der Waals surface area contributed by atoms with Crippen LogP contribution in [0.2, 0.25) is 5.02 Å². The lowest BCUT2D eigenvalue weighted by Gasteiger charge is -2.07. The Hall–Kier alpha value is -2.33. The molecule has 3 rings (SSSR count). The van der Waals surface area contributed by atoms with E-state index < -0.39 is 0 Å². The first-order chi connectivity index (χ1) is 11.1. The minimum Gasteiger partial charge on any atom is -0.348 e. The van der Waals surface area contributed by atoms with E-state index in [0.29, 0.717) is 17.1 Å². The predicted octanol–water partition coefficient (Wildman–Crippen LogP) is 3.79. The van der Waals surface area contributed by atoms with E-state index in [1.54, 1.807) is 6.07 Å². The van der Waals surface area contributed by atoms with Crippen LogP contribution in [0.15, 0.2) is 42.6 Å². The molecule has 118 valence electrons. The molecule has 0 radical (unpaired) electrons. The van der Waals surface area contributed by atoms with Crippen LogP contribution in [0.4, 0.5) is 0 Å². The van der Waals surface area contributed by atoms with Crippen LogP contribution in [-0.2, 0) is 13.0 Å². The molecule has 1 aromatic carbocycles. The molecule has 0 bridgehead atoms. The smallest absolute Gasteiger partial charge is 0.253 e. The van der Waals surface area contributed by atoms with Crippen LogP contribution in [0.1, 0.15) is 34.2 Å². The molecule has 4 nitrogen and oxygen atoms in total. The molecule has 5 heteroatoms. The molecule has 1 amide bonds. The summed E-state index contributed by atoms with van der Waals surface area (Å²) in [6.45, 7) is 4.50. The van der Waals surface area contributed by atoms with Gasteiger partial charge in [0.25, 0.3) is 5.91 Å². The van der Waals surface area contributed by atoms with Gasteiger partial charge in [-0.3, -0.25) is 4.79 Å². The van der Waals surface area contributed by atoms with Crippen LogP contribution in [-0.4, -0.2) is 15.3 Å². The number of amides is 1. The van der Waals surface area contributed by atoms with E-state index in [0.717, 1.165) is 29.0 Å². The van der Waals surface area contributed by atoms with Crippen LogP contribution < -0.4 is 5.32 Å². The van der Waals surface area contributed by atoms with E-state index in [4.69, 9.17) is 11.6 Å². The maximum absolute atomic E-state index is 12.4. The van der Waals surface area contributed by atoms with Crippen molar-refractivity contribution in [3.63, 3.8) is 0 Å². The standard InChI is InChI=1S/C18H18ClN3O/c1-3-16-12(2)22-11-14(8-9-17(22)21-16)18(23)20-10-13-6-4-5-7-15(13)19/h4-9,11H,3,10H2,1-2H3,(H,20,23). The van der Waals surface area contributed by atoms with E-state index >= 15 is 0 Å². The molecule has 0 spiro atoms. The summed E-state index contributed by atoms with van der Waals surface area (Å²) in [6.07, 6.45) is 2.71. The molecule has 0 aliphatic rings. The minimum absolute atomic E-state index is 0.127. The molecule has 23 heavy (non-hydrogen) atoms. The summed E-state index contributed by atoms with van der Waals surface area (Å²) in [4.78, 5) is 16.9.